The molecule has 0 spiro atoms. The fourth-order valence-electron chi connectivity index (χ4n) is 2.43. The highest BCUT2D eigenvalue weighted by atomic mass is 16.1. The number of aromatic nitrogens is 1. The fraction of sp³-hybridized carbons (Fsp3) is 0.643. The van der Waals surface area contributed by atoms with Crippen LogP contribution in [-0.4, -0.2) is 22.1 Å². The van der Waals surface area contributed by atoms with Gasteiger partial charge in [-0.2, -0.15) is 0 Å². The molecular weight excluding hydrogens is 212 g/mol. The summed E-state index contributed by atoms with van der Waals surface area (Å²) in [4.78, 5) is 14.7. The highest BCUT2D eigenvalue weighted by Gasteiger charge is 2.21. The first-order valence-corrected chi connectivity index (χ1v) is 6.47. The second-order valence-electron chi connectivity index (χ2n) is 5.44. The van der Waals surface area contributed by atoms with Gasteiger partial charge in [-0.15, -0.1) is 0 Å². The Morgan fingerprint density at radius 1 is 1.18 bits per heavy atom. The van der Waals surface area contributed by atoms with Crippen LogP contribution >= 0.6 is 0 Å². The zero-order valence-electron chi connectivity index (χ0n) is 11.2. The molecular formula is C14H22N2O. The normalized spacial score (nSPS) is 16.6. The summed E-state index contributed by atoms with van der Waals surface area (Å²) in [5, 5.41) is 0. The maximum absolute atomic E-state index is 12.4. The number of fused-ring (bicyclic) bond motifs is 1. The van der Waals surface area contributed by atoms with Crippen LogP contribution < -0.4 is 5.56 Å². The third-order valence-electron chi connectivity index (χ3n) is 3.63. The van der Waals surface area contributed by atoms with E-state index in [1.165, 1.54) is 5.56 Å². The van der Waals surface area contributed by atoms with Gasteiger partial charge in [-0.25, -0.2) is 0 Å². The van der Waals surface area contributed by atoms with Gasteiger partial charge < -0.3 is 4.57 Å². The largest absolute Gasteiger partial charge is 0.313 e. The van der Waals surface area contributed by atoms with Crippen molar-refractivity contribution in [3.63, 3.8) is 0 Å². The molecule has 3 nitrogen and oxygen atoms in total. The third kappa shape index (κ3) is 2.29. The monoisotopic (exact) mass is 234 g/mol. The Hall–Kier alpha value is -1.09. The quantitative estimate of drug-likeness (QED) is 0.784. The number of nitrogens with zero attached hydrogens (tertiary/aromatic N) is 2. The Balaban J connectivity index is 2.41. The van der Waals surface area contributed by atoms with E-state index in [-0.39, 0.29) is 11.6 Å². The van der Waals surface area contributed by atoms with E-state index in [2.05, 4.69) is 38.7 Å². The van der Waals surface area contributed by atoms with Crippen LogP contribution in [0.25, 0.3) is 0 Å². The average Bonchev–Trinajstić information content (AvgIpc) is 2.28. The lowest BCUT2D eigenvalue weighted by molar-refractivity contribution is 0.201. The summed E-state index contributed by atoms with van der Waals surface area (Å²) >= 11 is 0. The number of hydrogen-bond acceptors (Lipinski definition) is 2. The van der Waals surface area contributed by atoms with Crippen molar-refractivity contribution in [1.29, 1.82) is 0 Å². The Morgan fingerprint density at radius 2 is 1.88 bits per heavy atom. The third-order valence-corrected chi connectivity index (χ3v) is 3.63. The molecule has 0 amide bonds. The van der Waals surface area contributed by atoms with Crippen molar-refractivity contribution in [2.24, 2.45) is 0 Å². The molecule has 3 heteroatoms. The maximum atomic E-state index is 12.4. The van der Waals surface area contributed by atoms with Crippen molar-refractivity contribution < 1.29 is 0 Å². The van der Waals surface area contributed by atoms with Crippen molar-refractivity contribution in [2.45, 2.75) is 52.7 Å². The molecule has 0 fully saturated rings. The van der Waals surface area contributed by atoms with Crippen LogP contribution in [0.5, 0.6) is 0 Å². The highest BCUT2D eigenvalue weighted by molar-refractivity contribution is 5.26. The molecule has 2 rings (SSSR count). The van der Waals surface area contributed by atoms with Crippen LogP contribution in [0.4, 0.5) is 0 Å². The standard InChI is InChI=1S/C14H22N2O/c1-10(2)15-7-5-12-6-8-16(11(3)4)14(17)13(12)9-15/h6,8,10-11H,5,7,9H2,1-4H3. The number of pyridine rings is 1. The van der Waals surface area contributed by atoms with E-state index < -0.39 is 0 Å². The van der Waals surface area contributed by atoms with Gasteiger partial charge in [-0.05, 0) is 45.7 Å². The van der Waals surface area contributed by atoms with Crippen LogP contribution in [0.1, 0.15) is 44.9 Å². The van der Waals surface area contributed by atoms with Crippen LogP contribution in [-0.2, 0) is 13.0 Å². The lowest BCUT2D eigenvalue weighted by Gasteiger charge is -2.31. The molecule has 0 radical (unpaired) electrons. The molecule has 1 aromatic heterocycles. The van der Waals surface area contributed by atoms with Gasteiger partial charge in [0.25, 0.3) is 5.56 Å². The highest BCUT2D eigenvalue weighted by Crippen LogP contribution is 2.18. The maximum Gasteiger partial charge on any atom is 0.255 e. The molecule has 0 aromatic carbocycles. The lowest BCUT2D eigenvalue weighted by atomic mass is 10.0. The summed E-state index contributed by atoms with van der Waals surface area (Å²) < 4.78 is 1.84. The van der Waals surface area contributed by atoms with Gasteiger partial charge in [0.2, 0.25) is 0 Å². The first-order valence-electron chi connectivity index (χ1n) is 6.47. The summed E-state index contributed by atoms with van der Waals surface area (Å²) in [5.41, 5.74) is 2.44. The molecule has 0 saturated carbocycles. The van der Waals surface area contributed by atoms with Gasteiger partial charge in [-0.1, -0.05) is 0 Å². The summed E-state index contributed by atoms with van der Waals surface area (Å²) in [7, 11) is 0. The van der Waals surface area contributed by atoms with E-state index >= 15 is 0 Å². The molecule has 1 aliphatic rings. The van der Waals surface area contributed by atoms with E-state index in [1.54, 1.807) is 0 Å². The minimum absolute atomic E-state index is 0.197. The smallest absolute Gasteiger partial charge is 0.255 e. The van der Waals surface area contributed by atoms with Gasteiger partial charge in [0.1, 0.15) is 0 Å². The predicted molar refractivity (Wildman–Crippen MR) is 70.3 cm³/mol. The average molecular weight is 234 g/mol. The Kier molecular flexibility index (Phi) is 3.38. The minimum Gasteiger partial charge on any atom is -0.313 e. The van der Waals surface area contributed by atoms with Gasteiger partial charge in [0.05, 0.1) is 0 Å². The minimum atomic E-state index is 0.197. The van der Waals surface area contributed by atoms with Crippen molar-refractivity contribution in [2.75, 3.05) is 6.54 Å². The summed E-state index contributed by atoms with van der Waals surface area (Å²) in [5.74, 6) is 0. The summed E-state index contributed by atoms with van der Waals surface area (Å²) in [6.45, 7) is 10.4. The molecule has 0 aliphatic carbocycles. The fourth-order valence-corrected chi connectivity index (χ4v) is 2.43. The van der Waals surface area contributed by atoms with Crippen molar-refractivity contribution in [3.8, 4) is 0 Å². The number of rotatable bonds is 2. The number of hydrogen-bond donors (Lipinski definition) is 0. The predicted octanol–water partition coefficient (Wildman–Crippen LogP) is 2.20. The Morgan fingerprint density at radius 3 is 2.47 bits per heavy atom. The molecule has 0 N–H and O–H groups in total. The van der Waals surface area contributed by atoms with Crippen LogP contribution in [0.2, 0.25) is 0 Å². The van der Waals surface area contributed by atoms with Gasteiger partial charge in [0, 0.05) is 36.9 Å². The molecule has 0 bridgehead atoms. The zero-order chi connectivity index (χ0) is 12.6. The van der Waals surface area contributed by atoms with E-state index in [1.807, 2.05) is 10.8 Å². The molecule has 0 saturated heterocycles. The second kappa shape index (κ2) is 4.65. The molecule has 2 heterocycles. The molecule has 17 heavy (non-hydrogen) atoms. The molecule has 1 aromatic rings. The molecule has 1 aliphatic heterocycles. The molecule has 0 unspecified atom stereocenters. The van der Waals surface area contributed by atoms with E-state index in [0.717, 1.165) is 25.1 Å². The van der Waals surface area contributed by atoms with Crippen LogP contribution in [0, 0.1) is 0 Å². The first kappa shape index (κ1) is 12.4. The lowest BCUT2D eigenvalue weighted by Crippen LogP contribution is -2.40. The molecule has 0 atom stereocenters. The first-order chi connectivity index (χ1) is 8.00. The Labute approximate surface area is 103 Å². The van der Waals surface area contributed by atoms with Crippen LogP contribution in [0.3, 0.4) is 0 Å². The van der Waals surface area contributed by atoms with Crippen molar-refractivity contribution in [1.82, 2.24) is 9.47 Å². The second-order valence-corrected chi connectivity index (χ2v) is 5.44. The summed E-state index contributed by atoms with van der Waals surface area (Å²) in [6.07, 6.45) is 2.94. The van der Waals surface area contributed by atoms with E-state index in [9.17, 15) is 4.79 Å². The van der Waals surface area contributed by atoms with Crippen molar-refractivity contribution >= 4 is 0 Å². The molecule has 94 valence electrons. The van der Waals surface area contributed by atoms with E-state index in [0.29, 0.717) is 6.04 Å². The van der Waals surface area contributed by atoms with Gasteiger partial charge >= 0.3 is 0 Å². The topological polar surface area (TPSA) is 25.2 Å². The zero-order valence-corrected chi connectivity index (χ0v) is 11.2. The Bertz CT molecular complexity index is 460. The van der Waals surface area contributed by atoms with E-state index in [4.69, 9.17) is 0 Å². The summed E-state index contributed by atoms with van der Waals surface area (Å²) in [6, 6.07) is 2.87. The van der Waals surface area contributed by atoms with Gasteiger partial charge in [0.15, 0.2) is 0 Å². The SMILES string of the molecule is CC(C)N1CCc2ccn(C(C)C)c(=O)c2C1. The van der Waals surface area contributed by atoms with Gasteiger partial charge in [-0.3, -0.25) is 9.69 Å². The van der Waals surface area contributed by atoms with Crippen molar-refractivity contribution in [3.05, 3.63) is 33.7 Å². The van der Waals surface area contributed by atoms with Crippen LogP contribution in [0.15, 0.2) is 17.1 Å².